The van der Waals surface area contributed by atoms with E-state index >= 15 is 0 Å². The van der Waals surface area contributed by atoms with Crippen LogP contribution in [0.3, 0.4) is 0 Å². The first-order valence-electron chi connectivity index (χ1n) is 5.21. The highest BCUT2D eigenvalue weighted by molar-refractivity contribution is 7.99. The van der Waals surface area contributed by atoms with Gasteiger partial charge in [0.15, 0.2) is 5.82 Å². The van der Waals surface area contributed by atoms with Crippen molar-refractivity contribution in [1.82, 2.24) is 10.1 Å². The fraction of sp³-hybridized carbons (Fsp3) is 0.700. The first-order valence-corrected chi connectivity index (χ1v) is 6.37. The van der Waals surface area contributed by atoms with E-state index in [1.54, 1.807) is 0 Å². The number of carbonyl (C=O) groups is 1. The molecule has 0 N–H and O–H groups in total. The number of rotatable bonds is 4. The SMILES string of the molecule is O=CCc1nc(CC2CCSCC2)no1. The third-order valence-corrected chi connectivity index (χ3v) is 3.63. The molecule has 0 unspecified atom stereocenters. The molecule has 2 heterocycles. The zero-order valence-electron chi connectivity index (χ0n) is 8.52. The first-order chi connectivity index (χ1) is 7.38. The number of thioether (sulfide) groups is 1. The van der Waals surface area contributed by atoms with Crippen molar-refractivity contribution < 1.29 is 9.32 Å². The van der Waals surface area contributed by atoms with E-state index in [4.69, 9.17) is 4.52 Å². The smallest absolute Gasteiger partial charge is 0.233 e. The van der Waals surface area contributed by atoms with Gasteiger partial charge in [-0.1, -0.05) is 5.16 Å². The topological polar surface area (TPSA) is 56.0 Å². The Morgan fingerprint density at radius 3 is 3.00 bits per heavy atom. The Balaban J connectivity index is 1.88. The van der Waals surface area contributed by atoms with Crippen molar-refractivity contribution >= 4 is 18.0 Å². The van der Waals surface area contributed by atoms with Crippen LogP contribution in [0.5, 0.6) is 0 Å². The molecule has 0 aliphatic carbocycles. The van der Waals surface area contributed by atoms with Gasteiger partial charge in [0.1, 0.15) is 6.29 Å². The fourth-order valence-electron chi connectivity index (χ4n) is 1.74. The maximum atomic E-state index is 10.2. The Morgan fingerprint density at radius 2 is 2.27 bits per heavy atom. The molecule has 1 aliphatic rings. The molecule has 0 amide bonds. The zero-order chi connectivity index (χ0) is 10.5. The number of aromatic nitrogens is 2. The highest BCUT2D eigenvalue weighted by atomic mass is 32.2. The van der Waals surface area contributed by atoms with E-state index in [0.29, 0.717) is 11.8 Å². The van der Waals surface area contributed by atoms with Gasteiger partial charge in [-0.05, 0) is 30.3 Å². The lowest BCUT2D eigenvalue weighted by Crippen LogP contribution is -2.13. The van der Waals surface area contributed by atoms with Gasteiger partial charge in [-0.15, -0.1) is 0 Å². The monoisotopic (exact) mass is 226 g/mol. The molecular formula is C10H14N2O2S. The molecule has 1 saturated heterocycles. The van der Waals surface area contributed by atoms with Crippen LogP contribution in [0.15, 0.2) is 4.52 Å². The summed E-state index contributed by atoms with van der Waals surface area (Å²) in [5.41, 5.74) is 0. The lowest BCUT2D eigenvalue weighted by molar-refractivity contribution is -0.107. The van der Waals surface area contributed by atoms with E-state index in [9.17, 15) is 4.79 Å². The van der Waals surface area contributed by atoms with Crippen molar-refractivity contribution in [3.05, 3.63) is 11.7 Å². The van der Waals surface area contributed by atoms with Gasteiger partial charge >= 0.3 is 0 Å². The van der Waals surface area contributed by atoms with Gasteiger partial charge in [0.2, 0.25) is 5.89 Å². The molecule has 4 nitrogen and oxygen atoms in total. The minimum absolute atomic E-state index is 0.230. The quantitative estimate of drug-likeness (QED) is 0.728. The molecule has 0 aromatic carbocycles. The van der Waals surface area contributed by atoms with E-state index < -0.39 is 0 Å². The van der Waals surface area contributed by atoms with Crippen molar-refractivity contribution in [3.63, 3.8) is 0 Å². The molecular weight excluding hydrogens is 212 g/mol. The van der Waals surface area contributed by atoms with Crippen LogP contribution >= 0.6 is 11.8 Å². The molecule has 0 spiro atoms. The number of hydrogen-bond acceptors (Lipinski definition) is 5. The van der Waals surface area contributed by atoms with Gasteiger partial charge in [-0.2, -0.15) is 16.7 Å². The molecule has 0 radical (unpaired) electrons. The number of hydrogen-bond donors (Lipinski definition) is 0. The van der Waals surface area contributed by atoms with Crippen LogP contribution in [0.4, 0.5) is 0 Å². The molecule has 82 valence electrons. The minimum Gasteiger partial charge on any atom is -0.339 e. The lowest BCUT2D eigenvalue weighted by Gasteiger charge is -2.19. The largest absolute Gasteiger partial charge is 0.339 e. The lowest BCUT2D eigenvalue weighted by atomic mass is 9.99. The van der Waals surface area contributed by atoms with Crippen molar-refractivity contribution in [2.75, 3.05) is 11.5 Å². The predicted molar refractivity (Wildman–Crippen MR) is 57.8 cm³/mol. The Bertz CT molecular complexity index is 321. The third kappa shape index (κ3) is 3.06. The molecule has 2 rings (SSSR count). The summed E-state index contributed by atoms with van der Waals surface area (Å²) >= 11 is 2.01. The molecule has 1 aliphatic heterocycles. The van der Waals surface area contributed by atoms with Crippen LogP contribution < -0.4 is 0 Å². The summed E-state index contributed by atoms with van der Waals surface area (Å²) in [6, 6.07) is 0. The van der Waals surface area contributed by atoms with Crippen LogP contribution in [0.1, 0.15) is 24.6 Å². The second-order valence-corrected chi connectivity index (χ2v) is 4.96. The van der Waals surface area contributed by atoms with E-state index in [2.05, 4.69) is 10.1 Å². The van der Waals surface area contributed by atoms with E-state index in [1.807, 2.05) is 11.8 Å². The van der Waals surface area contributed by atoms with Gasteiger partial charge in [0.25, 0.3) is 0 Å². The average Bonchev–Trinajstić information content (AvgIpc) is 2.68. The Kier molecular flexibility index (Phi) is 3.77. The molecule has 15 heavy (non-hydrogen) atoms. The van der Waals surface area contributed by atoms with E-state index in [0.717, 1.165) is 18.5 Å². The van der Waals surface area contributed by atoms with Crippen LogP contribution in [-0.4, -0.2) is 27.9 Å². The normalized spacial score (nSPS) is 17.9. The van der Waals surface area contributed by atoms with Crippen molar-refractivity contribution in [2.24, 2.45) is 5.92 Å². The van der Waals surface area contributed by atoms with Crippen LogP contribution in [0.25, 0.3) is 0 Å². The number of carbonyl (C=O) groups excluding carboxylic acids is 1. The molecule has 1 fully saturated rings. The van der Waals surface area contributed by atoms with Crippen molar-refractivity contribution in [1.29, 1.82) is 0 Å². The molecule has 0 atom stereocenters. The van der Waals surface area contributed by atoms with E-state index in [1.165, 1.54) is 24.3 Å². The molecule has 0 saturated carbocycles. The number of aldehydes is 1. The summed E-state index contributed by atoms with van der Waals surface area (Å²) < 4.78 is 4.95. The summed E-state index contributed by atoms with van der Waals surface area (Å²) in [5, 5.41) is 3.88. The standard InChI is InChI=1S/C10H14N2O2S/c13-4-1-10-11-9(12-14-10)7-8-2-5-15-6-3-8/h4,8H,1-3,5-7H2. The van der Waals surface area contributed by atoms with Gasteiger partial charge in [0, 0.05) is 6.42 Å². The predicted octanol–water partition coefficient (Wildman–Crippen LogP) is 1.50. The fourth-order valence-corrected chi connectivity index (χ4v) is 2.94. The zero-order valence-corrected chi connectivity index (χ0v) is 9.33. The van der Waals surface area contributed by atoms with Gasteiger partial charge in [0.05, 0.1) is 6.42 Å². The summed E-state index contributed by atoms with van der Waals surface area (Å²) in [7, 11) is 0. The Morgan fingerprint density at radius 1 is 1.47 bits per heavy atom. The van der Waals surface area contributed by atoms with Gasteiger partial charge in [-0.25, -0.2) is 0 Å². The van der Waals surface area contributed by atoms with Gasteiger partial charge in [-0.3, -0.25) is 0 Å². The number of nitrogens with zero attached hydrogens (tertiary/aromatic N) is 2. The maximum absolute atomic E-state index is 10.2. The van der Waals surface area contributed by atoms with Crippen molar-refractivity contribution in [3.8, 4) is 0 Å². The van der Waals surface area contributed by atoms with Crippen molar-refractivity contribution in [2.45, 2.75) is 25.7 Å². The molecule has 0 bridgehead atoms. The second-order valence-electron chi connectivity index (χ2n) is 3.74. The summed E-state index contributed by atoms with van der Waals surface area (Å²) in [4.78, 5) is 14.4. The highest BCUT2D eigenvalue weighted by Gasteiger charge is 2.17. The minimum atomic E-state index is 0.230. The summed E-state index contributed by atoms with van der Waals surface area (Å²) in [6.07, 6.45) is 4.38. The summed E-state index contributed by atoms with van der Waals surface area (Å²) in [6.45, 7) is 0. The van der Waals surface area contributed by atoms with Crippen LogP contribution in [0.2, 0.25) is 0 Å². The van der Waals surface area contributed by atoms with Gasteiger partial charge < -0.3 is 9.32 Å². The Hall–Kier alpha value is -0.840. The third-order valence-electron chi connectivity index (χ3n) is 2.58. The average molecular weight is 226 g/mol. The maximum Gasteiger partial charge on any atom is 0.233 e. The van der Waals surface area contributed by atoms with Crippen LogP contribution in [-0.2, 0) is 17.6 Å². The molecule has 1 aromatic heterocycles. The molecule has 5 heteroatoms. The Labute approximate surface area is 92.8 Å². The summed E-state index contributed by atoms with van der Waals surface area (Å²) in [5.74, 6) is 4.36. The highest BCUT2D eigenvalue weighted by Crippen LogP contribution is 2.24. The molecule has 1 aromatic rings. The first kappa shape index (κ1) is 10.7. The van der Waals surface area contributed by atoms with E-state index in [-0.39, 0.29) is 6.42 Å². The van der Waals surface area contributed by atoms with Crippen LogP contribution in [0, 0.1) is 5.92 Å². The second kappa shape index (κ2) is 5.30.